The van der Waals surface area contributed by atoms with Gasteiger partial charge in [0.15, 0.2) is 0 Å². The van der Waals surface area contributed by atoms with E-state index in [4.69, 9.17) is 10.2 Å². The van der Waals surface area contributed by atoms with Gasteiger partial charge in [-0.15, -0.1) is 0 Å². The van der Waals surface area contributed by atoms with E-state index in [1.807, 2.05) is 0 Å². The van der Waals surface area contributed by atoms with E-state index in [-0.39, 0.29) is 6.10 Å². The first-order valence-electron chi connectivity index (χ1n) is 4.75. The molecule has 0 aliphatic carbocycles. The standard InChI is InChI=1S/C6H11NO3.C3H7NO/c8-5-1-3-7(4-2-5)6(9)10;1-4(2)3-5/h5,8H,1-4H2,(H,9,10);3H,1-2H3. The van der Waals surface area contributed by atoms with Crippen LogP contribution in [0.3, 0.4) is 0 Å². The largest absolute Gasteiger partial charge is 0.465 e. The molecule has 0 aromatic rings. The van der Waals surface area contributed by atoms with Gasteiger partial charge in [0.05, 0.1) is 6.10 Å². The molecule has 1 aliphatic rings. The van der Waals surface area contributed by atoms with Gasteiger partial charge in [-0.2, -0.15) is 0 Å². The topological polar surface area (TPSA) is 81.1 Å². The van der Waals surface area contributed by atoms with Gasteiger partial charge in [-0.25, -0.2) is 4.79 Å². The molecule has 0 spiro atoms. The van der Waals surface area contributed by atoms with Gasteiger partial charge in [0.2, 0.25) is 6.41 Å². The van der Waals surface area contributed by atoms with E-state index in [0.717, 1.165) is 6.41 Å². The van der Waals surface area contributed by atoms with Gasteiger partial charge >= 0.3 is 6.09 Å². The second-order valence-corrected chi connectivity index (χ2v) is 3.57. The zero-order valence-electron chi connectivity index (χ0n) is 9.09. The fourth-order valence-corrected chi connectivity index (χ4v) is 1.06. The van der Waals surface area contributed by atoms with Crippen LogP contribution in [0.15, 0.2) is 0 Å². The van der Waals surface area contributed by atoms with Crippen LogP contribution < -0.4 is 0 Å². The molecule has 0 radical (unpaired) electrons. The molecular weight excluding hydrogens is 200 g/mol. The maximum absolute atomic E-state index is 10.3. The summed E-state index contributed by atoms with van der Waals surface area (Å²) in [5.41, 5.74) is 0. The van der Waals surface area contributed by atoms with Crippen molar-refractivity contribution in [2.45, 2.75) is 18.9 Å². The van der Waals surface area contributed by atoms with Crippen LogP contribution in [0.1, 0.15) is 12.8 Å². The Labute approximate surface area is 89.1 Å². The zero-order chi connectivity index (χ0) is 11.8. The minimum Gasteiger partial charge on any atom is -0.465 e. The number of likely N-dealkylation sites (tertiary alicyclic amines) is 1. The Hall–Kier alpha value is -1.30. The lowest BCUT2D eigenvalue weighted by atomic mass is 10.1. The molecule has 0 aromatic heterocycles. The first kappa shape index (κ1) is 13.7. The number of hydrogen-bond donors (Lipinski definition) is 2. The molecule has 6 nitrogen and oxygen atoms in total. The van der Waals surface area contributed by atoms with E-state index in [9.17, 15) is 9.59 Å². The van der Waals surface area contributed by atoms with Crippen molar-refractivity contribution in [3.8, 4) is 0 Å². The molecule has 88 valence electrons. The lowest BCUT2D eigenvalue weighted by Gasteiger charge is -2.26. The summed E-state index contributed by atoms with van der Waals surface area (Å²) in [6, 6.07) is 0. The Morgan fingerprint density at radius 3 is 2.07 bits per heavy atom. The molecule has 0 unspecified atom stereocenters. The summed E-state index contributed by atoms with van der Waals surface area (Å²) in [6.07, 6.45) is 0.723. The van der Waals surface area contributed by atoms with Crippen molar-refractivity contribution in [3.05, 3.63) is 0 Å². The predicted molar refractivity (Wildman–Crippen MR) is 54.6 cm³/mol. The van der Waals surface area contributed by atoms with Crippen LogP contribution >= 0.6 is 0 Å². The van der Waals surface area contributed by atoms with Crippen molar-refractivity contribution in [1.82, 2.24) is 9.80 Å². The van der Waals surface area contributed by atoms with Crippen molar-refractivity contribution in [2.24, 2.45) is 0 Å². The molecule has 0 aromatic carbocycles. The van der Waals surface area contributed by atoms with Crippen LogP contribution in [-0.4, -0.2) is 65.8 Å². The summed E-state index contributed by atoms with van der Waals surface area (Å²) in [5.74, 6) is 0. The number of carbonyl (C=O) groups is 2. The number of carbonyl (C=O) groups excluding carboxylic acids is 1. The average molecular weight is 218 g/mol. The van der Waals surface area contributed by atoms with E-state index in [2.05, 4.69) is 0 Å². The van der Waals surface area contributed by atoms with Crippen LogP contribution in [0, 0.1) is 0 Å². The van der Waals surface area contributed by atoms with Crippen molar-refractivity contribution >= 4 is 12.5 Å². The highest BCUT2D eigenvalue weighted by Crippen LogP contribution is 2.08. The molecule has 15 heavy (non-hydrogen) atoms. The van der Waals surface area contributed by atoms with Gasteiger partial charge in [0, 0.05) is 27.2 Å². The molecule has 2 amide bonds. The van der Waals surface area contributed by atoms with Gasteiger partial charge in [0.1, 0.15) is 0 Å². The summed E-state index contributed by atoms with van der Waals surface area (Å²) in [7, 11) is 3.38. The third-order valence-corrected chi connectivity index (χ3v) is 1.95. The lowest BCUT2D eigenvalue weighted by Crippen LogP contribution is -2.39. The Balaban J connectivity index is 0.000000336. The predicted octanol–water partition coefficient (Wildman–Crippen LogP) is -0.175. The number of hydrogen-bond acceptors (Lipinski definition) is 3. The molecule has 0 bridgehead atoms. The number of piperidine rings is 1. The van der Waals surface area contributed by atoms with Crippen LogP contribution in [-0.2, 0) is 4.79 Å². The van der Waals surface area contributed by atoms with E-state index >= 15 is 0 Å². The first-order chi connectivity index (χ1) is 6.97. The molecular formula is C9H18N2O4. The molecule has 1 aliphatic heterocycles. The molecule has 2 N–H and O–H groups in total. The molecule has 1 heterocycles. The second-order valence-electron chi connectivity index (χ2n) is 3.57. The molecule has 0 atom stereocenters. The fraction of sp³-hybridized carbons (Fsp3) is 0.778. The third kappa shape index (κ3) is 6.73. The highest BCUT2D eigenvalue weighted by Gasteiger charge is 2.19. The fourth-order valence-electron chi connectivity index (χ4n) is 1.06. The molecule has 1 saturated heterocycles. The molecule has 0 saturated carbocycles. The monoisotopic (exact) mass is 218 g/mol. The van der Waals surface area contributed by atoms with E-state index in [1.165, 1.54) is 9.80 Å². The van der Waals surface area contributed by atoms with Crippen molar-refractivity contribution in [3.63, 3.8) is 0 Å². The summed E-state index contributed by atoms with van der Waals surface area (Å²) >= 11 is 0. The summed E-state index contributed by atoms with van der Waals surface area (Å²) in [4.78, 5) is 22.5. The van der Waals surface area contributed by atoms with Crippen LogP contribution in [0.5, 0.6) is 0 Å². The zero-order valence-corrected chi connectivity index (χ0v) is 9.09. The van der Waals surface area contributed by atoms with Gasteiger partial charge in [-0.1, -0.05) is 0 Å². The maximum Gasteiger partial charge on any atom is 0.407 e. The highest BCUT2D eigenvalue weighted by atomic mass is 16.4. The molecule has 1 fully saturated rings. The number of aliphatic hydroxyl groups excluding tert-OH is 1. The van der Waals surface area contributed by atoms with E-state index < -0.39 is 6.09 Å². The first-order valence-corrected chi connectivity index (χ1v) is 4.75. The lowest BCUT2D eigenvalue weighted by molar-refractivity contribution is -0.115. The van der Waals surface area contributed by atoms with Crippen LogP contribution in [0.4, 0.5) is 4.79 Å². The summed E-state index contributed by atoms with van der Waals surface area (Å²) in [6.45, 7) is 0.938. The summed E-state index contributed by atoms with van der Waals surface area (Å²) in [5, 5.41) is 17.5. The number of aliphatic hydroxyl groups is 1. The summed E-state index contributed by atoms with van der Waals surface area (Å²) < 4.78 is 0. The van der Waals surface area contributed by atoms with E-state index in [0.29, 0.717) is 25.9 Å². The number of amides is 2. The Kier molecular flexibility index (Phi) is 6.44. The van der Waals surface area contributed by atoms with Gasteiger partial charge in [-0.05, 0) is 12.8 Å². The highest BCUT2D eigenvalue weighted by molar-refractivity contribution is 5.64. The number of rotatable bonds is 1. The van der Waals surface area contributed by atoms with Gasteiger partial charge in [-0.3, -0.25) is 4.79 Å². The van der Waals surface area contributed by atoms with Gasteiger partial charge in [0.25, 0.3) is 0 Å². The van der Waals surface area contributed by atoms with Crippen molar-refractivity contribution in [2.75, 3.05) is 27.2 Å². The van der Waals surface area contributed by atoms with E-state index in [1.54, 1.807) is 14.1 Å². The normalized spacial score (nSPS) is 16.3. The molecule has 6 heteroatoms. The maximum atomic E-state index is 10.3. The quantitative estimate of drug-likeness (QED) is 0.598. The Morgan fingerprint density at radius 1 is 1.40 bits per heavy atom. The smallest absolute Gasteiger partial charge is 0.407 e. The van der Waals surface area contributed by atoms with Crippen molar-refractivity contribution in [1.29, 1.82) is 0 Å². The minimum absolute atomic E-state index is 0.296. The second kappa shape index (κ2) is 7.05. The number of nitrogens with zero attached hydrogens (tertiary/aromatic N) is 2. The Morgan fingerprint density at radius 2 is 1.80 bits per heavy atom. The van der Waals surface area contributed by atoms with Crippen LogP contribution in [0.25, 0.3) is 0 Å². The third-order valence-electron chi connectivity index (χ3n) is 1.95. The van der Waals surface area contributed by atoms with Crippen molar-refractivity contribution < 1.29 is 19.8 Å². The van der Waals surface area contributed by atoms with Gasteiger partial charge < -0.3 is 20.0 Å². The SMILES string of the molecule is CN(C)C=O.O=C(O)N1CCC(O)CC1. The van der Waals surface area contributed by atoms with Crippen LogP contribution in [0.2, 0.25) is 0 Å². The molecule has 1 rings (SSSR count). The average Bonchev–Trinajstić information content (AvgIpc) is 2.19. The Bertz CT molecular complexity index is 200. The number of carboxylic acid groups (broad SMARTS) is 1. The minimum atomic E-state index is -0.883.